The van der Waals surface area contributed by atoms with Gasteiger partial charge in [0.15, 0.2) is 0 Å². The van der Waals surface area contributed by atoms with Crippen molar-refractivity contribution < 1.29 is 49.1 Å². The smallest absolute Gasteiger partial charge is 0.352 e. The maximum atomic E-state index is 13.5. The van der Waals surface area contributed by atoms with Crippen LogP contribution in [0.2, 0.25) is 0 Å². The van der Waals surface area contributed by atoms with Gasteiger partial charge in [-0.1, -0.05) is 24.3 Å². The average molecular weight is 680 g/mol. The number of esters is 1. The number of urea groups is 1. The van der Waals surface area contributed by atoms with Gasteiger partial charge in [-0.3, -0.25) is 19.3 Å². The van der Waals surface area contributed by atoms with E-state index in [0.29, 0.717) is 0 Å². The molecule has 0 radical (unpaired) electrons. The molecule has 0 spiro atoms. The van der Waals surface area contributed by atoms with Gasteiger partial charge in [-0.05, 0) is 35.4 Å². The van der Waals surface area contributed by atoms with Crippen LogP contribution in [0.5, 0.6) is 17.4 Å². The summed E-state index contributed by atoms with van der Waals surface area (Å²) in [6.45, 7) is 1.14. The molecule has 17 nitrogen and oxygen atoms in total. The van der Waals surface area contributed by atoms with E-state index in [2.05, 4.69) is 31.2 Å². The number of phenols is 2. The van der Waals surface area contributed by atoms with Crippen molar-refractivity contribution in [1.29, 1.82) is 0 Å². The fourth-order valence-electron chi connectivity index (χ4n) is 4.82. The van der Waals surface area contributed by atoms with Crippen molar-refractivity contribution in [3.63, 3.8) is 0 Å². The Hall–Kier alpha value is -6.04. The van der Waals surface area contributed by atoms with Crippen LogP contribution < -0.4 is 21.3 Å². The van der Waals surface area contributed by atoms with E-state index >= 15 is 0 Å². The van der Waals surface area contributed by atoms with Crippen molar-refractivity contribution in [3.8, 4) is 17.4 Å². The summed E-state index contributed by atoms with van der Waals surface area (Å²) >= 11 is 1.17. The van der Waals surface area contributed by atoms with Gasteiger partial charge < -0.3 is 46.4 Å². The molecule has 5 rings (SSSR count). The first kappa shape index (κ1) is 33.3. The van der Waals surface area contributed by atoms with E-state index in [-0.39, 0.29) is 58.9 Å². The van der Waals surface area contributed by atoms with Crippen LogP contribution in [-0.4, -0.2) is 88.9 Å². The second kappa shape index (κ2) is 14.2. The number of β-lactam (4-membered cyclic amide) rings is 1. The number of aromatic nitrogens is 2. The Morgan fingerprint density at radius 3 is 2.33 bits per heavy atom. The number of aromatic hydroxyl groups is 3. The number of nitrogens with one attached hydrogen (secondary N) is 4. The maximum absolute atomic E-state index is 13.5. The predicted molar refractivity (Wildman–Crippen MR) is 168 cm³/mol. The molecule has 48 heavy (non-hydrogen) atoms. The maximum Gasteiger partial charge on any atom is 0.352 e. The van der Waals surface area contributed by atoms with Gasteiger partial charge in [0.1, 0.15) is 46.9 Å². The first-order chi connectivity index (χ1) is 22.9. The summed E-state index contributed by atoms with van der Waals surface area (Å²) in [5, 5.41) is 48.9. The zero-order valence-electron chi connectivity index (χ0n) is 25.0. The number of carbonyl (C=O) groups excluding carboxylic acids is 4. The zero-order valence-corrected chi connectivity index (χ0v) is 25.9. The molecule has 250 valence electrons. The fraction of sp³-hybridized carbons (Fsp3) is 0.233. The van der Waals surface area contributed by atoms with Crippen LogP contribution in [0.25, 0.3) is 0 Å². The van der Waals surface area contributed by atoms with Crippen LogP contribution in [0.3, 0.4) is 0 Å². The monoisotopic (exact) mass is 679 g/mol. The van der Waals surface area contributed by atoms with Gasteiger partial charge in [-0.15, -0.1) is 11.8 Å². The van der Waals surface area contributed by atoms with E-state index in [1.165, 1.54) is 55.1 Å². The molecule has 3 heterocycles. The fourth-order valence-corrected chi connectivity index (χ4v) is 6.14. The highest BCUT2D eigenvalue weighted by molar-refractivity contribution is 8.00. The van der Waals surface area contributed by atoms with Gasteiger partial charge in [0, 0.05) is 24.8 Å². The number of carboxylic acid groups (broad SMARTS) is 1. The lowest BCUT2D eigenvalue weighted by molar-refractivity contribution is -0.151. The molecule has 0 aliphatic carbocycles. The van der Waals surface area contributed by atoms with Gasteiger partial charge in [0.2, 0.25) is 17.7 Å². The molecule has 1 saturated heterocycles. The van der Waals surface area contributed by atoms with Crippen LogP contribution in [-0.2, 0) is 30.5 Å². The lowest BCUT2D eigenvalue weighted by Crippen LogP contribution is -2.71. The molecular weight excluding hydrogens is 650 g/mol. The first-order valence-electron chi connectivity index (χ1n) is 14.2. The topological polar surface area (TPSA) is 253 Å². The molecule has 4 amide bonds. The summed E-state index contributed by atoms with van der Waals surface area (Å²) in [5.41, 5.74) is 0.743. The quantitative estimate of drug-likeness (QED) is 0.105. The number of hydrogen-bond donors (Lipinski definition) is 8. The summed E-state index contributed by atoms with van der Waals surface area (Å²) in [5.74, 6) is -3.96. The van der Waals surface area contributed by atoms with Crippen LogP contribution in [0.1, 0.15) is 24.1 Å². The highest BCUT2D eigenvalue weighted by Gasteiger charge is 2.54. The minimum absolute atomic E-state index is 0.0482. The second-order valence-corrected chi connectivity index (χ2v) is 11.6. The Morgan fingerprint density at radius 1 is 1.04 bits per heavy atom. The Labute approximate surface area is 276 Å². The molecule has 0 saturated carbocycles. The minimum Gasteiger partial charge on any atom is -0.508 e. The van der Waals surface area contributed by atoms with E-state index < -0.39 is 53.1 Å². The predicted octanol–water partition coefficient (Wildman–Crippen LogP) is 1.37. The summed E-state index contributed by atoms with van der Waals surface area (Å²) in [6, 6.07) is 8.23. The highest BCUT2D eigenvalue weighted by atomic mass is 32.2. The Morgan fingerprint density at radius 2 is 1.71 bits per heavy atom. The standard InChI is InChI=1S/C30H29N7O10S/c1-14(38)47-12-17-13-48-27-22(26(43)37(27)23(17)28(44)45)34-25(42)21(16-4-8-19(40)9-5-16)35-30(46)33-20-11-32-29(36-24(20)41)31-10-15-2-6-18(39)7-3-15/h2-9,11,21-22,27,39-40H,10,12-13H2,1H3,(H,34,42)(H,44,45)(H2,33,35,46)(H2,31,32,36,41)/t21?,22?,27-/m0/s1. The van der Waals surface area contributed by atoms with Gasteiger partial charge in [0.25, 0.3) is 5.91 Å². The van der Waals surface area contributed by atoms with Crippen molar-refractivity contribution in [2.24, 2.45) is 0 Å². The number of carbonyl (C=O) groups is 5. The number of amides is 4. The van der Waals surface area contributed by atoms with Gasteiger partial charge in [-0.25, -0.2) is 14.6 Å². The lowest BCUT2D eigenvalue weighted by atomic mass is 10.0. The molecule has 1 fully saturated rings. The van der Waals surface area contributed by atoms with E-state index in [4.69, 9.17) is 4.74 Å². The molecule has 8 N–H and O–H groups in total. The normalized spacial score (nSPS) is 17.4. The Balaban J connectivity index is 1.26. The number of fused-ring (bicyclic) bond motifs is 1. The van der Waals surface area contributed by atoms with E-state index in [0.717, 1.165) is 16.7 Å². The number of rotatable bonds is 11. The third kappa shape index (κ3) is 7.49. The number of benzene rings is 2. The molecule has 0 bridgehead atoms. The van der Waals surface area contributed by atoms with E-state index in [1.54, 1.807) is 12.1 Å². The molecule has 2 aliphatic rings. The molecule has 2 aliphatic heterocycles. The molecule has 2 unspecified atom stereocenters. The van der Waals surface area contributed by atoms with Crippen molar-refractivity contribution >= 4 is 53.2 Å². The summed E-state index contributed by atoms with van der Waals surface area (Å²) < 4.78 is 4.93. The first-order valence-corrected chi connectivity index (χ1v) is 15.2. The van der Waals surface area contributed by atoms with Crippen molar-refractivity contribution in [3.05, 3.63) is 77.1 Å². The Kier molecular flexibility index (Phi) is 9.83. The number of nitrogens with zero attached hydrogens (tertiary/aromatic N) is 3. The minimum atomic E-state index is -1.41. The third-order valence-electron chi connectivity index (χ3n) is 7.17. The molecule has 2 aromatic carbocycles. The van der Waals surface area contributed by atoms with Crippen LogP contribution >= 0.6 is 11.8 Å². The third-order valence-corrected chi connectivity index (χ3v) is 8.50. The SMILES string of the molecule is CC(=O)OCC1=C(C(=O)O)N2C(=O)C(NC(=O)C(NC(=O)Nc3cnc(NCc4ccc(O)cc4)nc3O)c3ccc(O)cc3)[C@@H]2SC1. The number of ether oxygens (including phenoxy) is 1. The highest BCUT2D eigenvalue weighted by Crippen LogP contribution is 2.40. The second-order valence-electron chi connectivity index (χ2n) is 10.5. The van der Waals surface area contributed by atoms with Gasteiger partial charge in [-0.2, -0.15) is 4.98 Å². The lowest BCUT2D eigenvalue weighted by Gasteiger charge is -2.49. The Bertz CT molecular complexity index is 1790. The van der Waals surface area contributed by atoms with Crippen LogP contribution in [0, 0.1) is 0 Å². The zero-order chi connectivity index (χ0) is 34.5. The largest absolute Gasteiger partial charge is 0.508 e. The molecule has 3 atom stereocenters. The molecular formula is C30H29N7O10S. The number of anilines is 2. The number of phenolic OH excluding ortho intramolecular Hbond substituents is 2. The molecule has 18 heteroatoms. The summed E-state index contributed by atoms with van der Waals surface area (Å²) in [4.78, 5) is 71.9. The molecule has 1 aromatic heterocycles. The van der Waals surface area contributed by atoms with Crippen LogP contribution in [0.15, 0.2) is 66.0 Å². The van der Waals surface area contributed by atoms with Crippen molar-refractivity contribution in [1.82, 2.24) is 25.5 Å². The summed E-state index contributed by atoms with van der Waals surface area (Å²) in [7, 11) is 0. The molecule has 3 aromatic rings. The number of carboxylic acids is 1. The van der Waals surface area contributed by atoms with Crippen molar-refractivity contribution in [2.75, 3.05) is 23.0 Å². The van der Waals surface area contributed by atoms with E-state index in [9.17, 15) is 44.4 Å². The number of hydrogen-bond acceptors (Lipinski definition) is 13. The number of thioether (sulfide) groups is 1. The average Bonchev–Trinajstić information content (AvgIpc) is 3.05. The summed E-state index contributed by atoms with van der Waals surface area (Å²) in [6.07, 6.45) is 1.14. The van der Waals surface area contributed by atoms with Crippen molar-refractivity contribution in [2.45, 2.75) is 30.9 Å². The van der Waals surface area contributed by atoms with E-state index in [1.807, 2.05) is 0 Å². The van der Waals surface area contributed by atoms with Gasteiger partial charge in [0.05, 0.1) is 6.20 Å². The number of aliphatic carboxylic acids is 1. The van der Waals surface area contributed by atoms with Crippen LogP contribution in [0.4, 0.5) is 16.4 Å². The van der Waals surface area contributed by atoms with Gasteiger partial charge >= 0.3 is 18.0 Å².